The average molecular weight is 423 g/mol. The molecule has 3 nitrogen and oxygen atoms in total. The molecule has 2 aromatic carbocycles. The molecule has 2 rings (SSSR count). The molecule has 0 aliphatic carbocycles. The SMILES string of the molecule is CC(C)C(C)C(C)C(C)C(C)C(C)C.CS(=O)(=O)O.c1ccc2ccccc2c1. The van der Waals surface area contributed by atoms with Crippen LogP contribution in [0.1, 0.15) is 55.4 Å². The molecule has 0 aliphatic heterocycles. The predicted octanol–water partition coefficient (Wildman–Crippen LogP) is 7.19. The second-order valence-electron chi connectivity index (χ2n) is 9.00. The Hall–Kier alpha value is -1.39. The standard InChI is InChI=1S/C14H30.C10H8.CH4O3S/c1-9(2)11(5)13(7)14(8)12(6)10(3)4;1-2-6-10-8-4-3-7-9(10)5-1;1-5(2,3)4/h9-14H,1-8H3;1-8H;1H3,(H,2,3,4). The molecular weight excluding hydrogens is 380 g/mol. The van der Waals surface area contributed by atoms with E-state index in [2.05, 4.69) is 104 Å². The van der Waals surface area contributed by atoms with E-state index in [0.717, 1.165) is 35.5 Å². The van der Waals surface area contributed by atoms with Crippen LogP contribution in [0.15, 0.2) is 48.5 Å². The molecule has 0 spiro atoms. The van der Waals surface area contributed by atoms with Crippen LogP contribution in [-0.4, -0.2) is 19.2 Å². The number of rotatable bonds is 5. The molecule has 0 fully saturated rings. The van der Waals surface area contributed by atoms with Crippen molar-refractivity contribution in [3.8, 4) is 0 Å². The van der Waals surface area contributed by atoms with Gasteiger partial charge >= 0.3 is 0 Å². The largest absolute Gasteiger partial charge is 0.286 e. The molecule has 0 saturated carbocycles. The summed E-state index contributed by atoms with van der Waals surface area (Å²) in [4.78, 5) is 0. The van der Waals surface area contributed by atoms with Crippen LogP contribution in [0.4, 0.5) is 0 Å². The quantitative estimate of drug-likeness (QED) is 0.519. The Morgan fingerprint density at radius 2 is 0.793 bits per heavy atom. The van der Waals surface area contributed by atoms with Crippen LogP contribution >= 0.6 is 0 Å². The molecule has 0 aliphatic rings. The zero-order chi connectivity index (χ0) is 22.8. The lowest BCUT2D eigenvalue weighted by Crippen LogP contribution is -2.27. The fraction of sp³-hybridized carbons (Fsp3) is 0.600. The van der Waals surface area contributed by atoms with Crippen LogP contribution in [0.25, 0.3) is 10.8 Å². The van der Waals surface area contributed by atoms with Crippen molar-refractivity contribution >= 4 is 20.9 Å². The maximum atomic E-state index is 9.19. The third-order valence-corrected chi connectivity index (χ3v) is 6.25. The molecule has 166 valence electrons. The van der Waals surface area contributed by atoms with Crippen LogP contribution in [0.3, 0.4) is 0 Å². The summed E-state index contributed by atoms with van der Waals surface area (Å²) in [5.74, 6) is 4.98. The summed E-state index contributed by atoms with van der Waals surface area (Å²) in [5, 5.41) is 2.62. The number of benzene rings is 2. The molecule has 0 heterocycles. The molecule has 4 heteroatoms. The molecule has 4 unspecified atom stereocenters. The van der Waals surface area contributed by atoms with Gasteiger partial charge in [0, 0.05) is 0 Å². The molecule has 0 amide bonds. The first-order valence-electron chi connectivity index (χ1n) is 10.6. The summed E-state index contributed by atoms with van der Waals surface area (Å²) < 4.78 is 25.9. The van der Waals surface area contributed by atoms with E-state index in [1.54, 1.807) is 0 Å². The smallest absolute Gasteiger partial charge is 0.261 e. The molecule has 0 radical (unpaired) electrons. The lowest BCUT2D eigenvalue weighted by molar-refractivity contribution is 0.150. The Kier molecular flexibility index (Phi) is 12.4. The fourth-order valence-corrected chi connectivity index (χ4v) is 3.30. The second-order valence-corrected chi connectivity index (χ2v) is 10.5. The minimum atomic E-state index is -3.67. The van der Waals surface area contributed by atoms with Gasteiger partial charge in [-0.2, -0.15) is 8.42 Å². The summed E-state index contributed by atoms with van der Waals surface area (Å²) in [7, 11) is -3.67. The van der Waals surface area contributed by atoms with Crippen molar-refractivity contribution in [2.24, 2.45) is 35.5 Å². The highest BCUT2D eigenvalue weighted by molar-refractivity contribution is 7.85. The number of fused-ring (bicyclic) bond motifs is 1. The van der Waals surface area contributed by atoms with E-state index < -0.39 is 10.1 Å². The summed E-state index contributed by atoms with van der Waals surface area (Å²) in [6, 6.07) is 16.7. The Morgan fingerprint density at radius 1 is 0.586 bits per heavy atom. The molecular formula is C25H42O3S. The van der Waals surface area contributed by atoms with E-state index in [4.69, 9.17) is 4.55 Å². The van der Waals surface area contributed by atoms with Gasteiger partial charge in [0.15, 0.2) is 0 Å². The first-order valence-corrected chi connectivity index (χ1v) is 12.5. The molecule has 0 saturated heterocycles. The van der Waals surface area contributed by atoms with Gasteiger partial charge < -0.3 is 0 Å². The fourth-order valence-electron chi connectivity index (χ4n) is 3.30. The minimum absolute atomic E-state index is 0.715. The zero-order valence-electron chi connectivity index (χ0n) is 19.8. The van der Waals surface area contributed by atoms with E-state index in [9.17, 15) is 8.42 Å². The predicted molar refractivity (Wildman–Crippen MR) is 128 cm³/mol. The third-order valence-electron chi connectivity index (χ3n) is 6.25. The first-order chi connectivity index (χ1) is 13.3. The first kappa shape index (κ1) is 27.6. The van der Waals surface area contributed by atoms with Crippen LogP contribution in [0.5, 0.6) is 0 Å². The summed E-state index contributed by atoms with van der Waals surface area (Å²) in [6.45, 7) is 19.0. The van der Waals surface area contributed by atoms with Gasteiger partial charge in [-0.25, -0.2) is 0 Å². The van der Waals surface area contributed by atoms with E-state index in [1.165, 1.54) is 10.8 Å². The van der Waals surface area contributed by atoms with Crippen molar-refractivity contribution in [2.75, 3.05) is 6.26 Å². The van der Waals surface area contributed by atoms with E-state index >= 15 is 0 Å². The Labute approximate surface area is 179 Å². The van der Waals surface area contributed by atoms with Gasteiger partial charge in [-0.3, -0.25) is 4.55 Å². The molecule has 29 heavy (non-hydrogen) atoms. The third kappa shape index (κ3) is 12.0. The highest BCUT2D eigenvalue weighted by Gasteiger charge is 2.26. The maximum absolute atomic E-state index is 9.19. The van der Waals surface area contributed by atoms with Crippen LogP contribution < -0.4 is 0 Å². The monoisotopic (exact) mass is 422 g/mol. The summed E-state index contributed by atoms with van der Waals surface area (Å²) in [5.41, 5.74) is 0. The van der Waals surface area contributed by atoms with Crippen molar-refractivity contribution in [3.63, 3.8) is 0 Å². The highest BCUT2D eigenvalue weighted by Crippen LogP contribution is 2.33. The van der Waals surface area contributed by atoms with Gasteiger partial charge in [0.05, 0.1) is 6.26 Å². The Bertz CT molecular complexity index is 705. The normalized spacial score (nSPS) is 15.6. The van der Waals surface area contributed by atoms with E-state index in [1.807, 2.05) is 0 Å². The van der Waals surface area contributed by atoms with Crippen molar-refractivity contribution in [2.45, 2.75) is 55.4 Å². The average Bonchev–Trinajstić information content (AvgIpc) is 2.64. The van der Waals surface area contributed by atoms with Crippen LogP contribution in [-0.2, 0) is 10.1 Å². The van der Waals surface area contributed by atoms with E-state index in [-0.39, 0.29) is 0 Å². The highest BCUT2D eigenvalue weighted by atomic mass is 32.2. The van der Waals surface area contributed by atoms with Gasteiger partial charge in [0.1, 0.15) is 0 Å². The van der Waals surface area contributed by atoms with E-state index in [0.29, 0.717) is 6.26 Å². The molecule has 4 atom stereocenters. The van der Waals surface area contributed by atoms with Crippen molar-refractivity contribution in [1.29, 1.82) is 0 Å². The second kappa shape index (κ2) is 13.0. The Balaban J connectivity index is 0.000000451. The van der Waals surface area contributed by atoms with Crippen molar-refractivity contribution < 1.29 is 13.0 Å². The molecule has 1 N–H and O–H groups in total. The van der Waals surface area contributed by atoms with Crippen molar-refractivity contribution in [3.05, 3.63) is 48.5 Å². The number of hydrogen-bond donors (Lipinski definition) is 1. The summed E-state index contributed by atoms with van der Waals surface area (Å²) in [6.07, 6.45) is 0.715. The minimum Gasteiger partial charge on any atom is -0.286 e. The maximum Gasteiger partial charge on any atom is 0.261 e. The molecule has 0 bridgehead atoms. The van der Waals surface area contributed by atoms with Gasteiger partial charge in [0.2, 0.25) is 0 Å². The van der Waals surface area contributed by atoms with Gasteiger partial charge in [-0.15, -0.1) is 0 Å². The van der Waals surface area contributed by atoms with Gasteiger partial charge in [-0.05, 0) is 46.3 Å². The topological polar surface area (TPSA) is 54.4 Å². The molecule has 2 aromatic rings. The van der Waals surface area contributed by atoms with Gasteiger partial charge in [-0.1, -0.05) is 104 Å². The molecule has 0 aromatic heterocycles. The zero-order valence-corrected chi connectivity index (χ0v) is 20.6. The lowest BCUT2D eigenvalue weighted by atomic mass is 9.72. The van der Waals surface area contributed by atoms with Gasteiger partial charge in [0.25, 0.3) is 10.1 Å². The number of hydrogen-bond acceptors (Lipinski definition) is 2. The van der Waals surface area contributed by atoms with Crippen molar-refractivity contribution in [1.82, 2.24) is 0 Å². The van der Waals surface area contributed by atoms with Crippen LogP contribution in [0.2, 0.25) is 0 Å². The summed E-state index contributed by atoms with van der Waals surface area (Å²) >= 11 is 0. The van der Waals surface area contributed by atoms with Crippen LogP contribution in [0, 0.1) is 35.5 Å². The lowest BCUT2D eigenvalue weighted by Gasteiger charge is -2.34. The Morgan fingerprint density at radius 3 is 0.966 bits per heavy atom.